The Kier molecular flexibility index (Phi) is 2.48. The molecule has 1 fully saturated rings. The van der Waals surface area contributed by atoms with Crippen molar-refractivity contribution in [1.82, 2.24) is 4.90 Å². The smallest absolute Gasteiger partial charge is 0.219 e. The maximum Gasteiger partial charge on any atom is 0.219 e. The molecule has 0 radical (unpaired) electrons. The van der Waals surface area contributed by atoms with Crippen LogP contribution in [0.5, 0.6) is 0 Å². The first-order valence-electron chi connectivity index (χ1n) is 3.89. The Hall–Kier alpha value is -1.04. The van der Waals surface area contributed by atoms with Crippen LogP contribution in [0, 0.1) is 17.2 Å². The SMILES string of the molecule is CC(=O)N1CCCC(C#N)C1. The van der Waals surface area contributed by atoms with Gasteiger partial charge in [-0.1, -0.05) is 0 Å². The highest BCUT2D eigenvalue weighted by Crippen LogP contribution is 2.14. The predicted octanol–water partition coefficient (Wildman–Crippen LogP) is 0.768. The summed E-state index contributed by atoms with van der Waals surface area (Å²) in [5, 5.41) is 8.60. The maximum atomic E-state index is 10.9. The number of hydrogen-bond acceptors (Lipinski definition) is 2. The minimum atomic E-state index is 0.0626. The van der Waals surface area contributed by atoms with Gasteiger partial charge in [-0.05, 0) is 12.8 Å². The average molecular weight is 152 g/mol. The van der Waals surface area contributed by atoms with Crippen LogP contribution >= 0.6 is 0 Å². The minimum Gasteiger partial charge on any atom is -0.342 e. The third-order valence-corrected chi connectivity index (χ3v) is 2.05. The van der Waals surface area contributed by atoms with Crippen molar-refractivity contribution in [3.63, 3.8) is 0 Å². The summed E-state index contributed by atoms with van der Waals surface area (Å²) < 4.78 is 0. The molecule has 1 rings (SSSR count). The normalized spacial score (nSPS) is 24.4. The molecule has 1 atom stereocenters. The number of hydrogen-bond donors (Lipinski definition) is 0. The highest BCUT2D eigenvalue weighted by atomic mass is 16.2. The molecule has 60 valence electrons. The van der Waals surface area contributed by atoms with E-state index in [0.29, 0.717) is 6.54 Å². The van der Waals surface area contributed by atoms with Crippen molar-refractivity contribution in [2.24, 2.45) is 5.92 Å². The summed E-state index contributed by atoms with van der Waals surface area (Å²) in [6.07, 6.45) is 1.91. The summed E-state index contributed by atoms with van der Waals surface area (Å²) in [5.41, 5.74) is 0. The molecule has 1 aliphatic heterocycles. The molecule has 0 aliphatic carbocycles. The van der Waals surface area contributed by atoms with Crippen LogP contribution in [0.15, 0.2) is 0 Å². The quantitative estimate of drug-likeness (QED) is 0.514. The third kappa shape index (κ3) is 1.94. The van der Waals surface area contributed by atoms with Crippen LogP contribution in [0.1, 0.15) is 19.8 Å². The Bertz CT molecular complexity index is 195. The molecule has 0 N–H and O–H groups in total. The molecule has 1 saturated heterocycles. The van der Waals surface area contributed by atoms with E-state index in [1.165, 1.54) is 0 Å². The first-order valence-corrected chi connectivity index (χ1v) is 3.89. The van der Waals surface area contributed by atoms with Gasteiger partial charge < -0.3 is 4.90 Å². The molecule has 0 bridgehead atoms. The molecule has 0 spiro atoms. The zero-order chi connectivity index (χ0) is 8.27. The zero-order valence-corrected chi connectivity index (χ0v) is 6.71. The zero-order valence-electron chi connectivity index (χ0n) is 6.71. The molecule has 0 aromatic heterocycles. The summed E-state index contributed by atoms with van der Waals surface area (Å²) in [6.45, 7) is 3.01. The molecule has 3 nitrogen and oxygen atoms in total. The summed E-state index contributed by atoms with van der Waals surface area (Å²) in [7, 11) is 0. The Morgan fingerprint density at radius 1 is 1.73 bits per heavy atom. The highest BCUT2D eigenvalue weighted by molar-refractivity contribution is 5.73. The van der Waals surface area contributed by atoms with E-state index >= 15 is 0 Å². The fraction of sp³-hybridized carbons (Fsp3) is 0.750. The first-order chi connectivity index (χ1) is 5.24. The topological polar surface area (TPSA) is 44.1 Å². The van der Waals surface area contributed by atoms with Crippen LogP contribution in [-0.2, 0) is 4.79 Å². The molecule has 1 heterocycles. The van der Waals surface area contributed by atoms with Crippen LogP contribution < -0.4 is 0 Å². The first kappa shape index (κ1) is 8.06. The van der Waals surface area contributed by atoms with Gasteiger partial charge in [-0.2, -0.15) is 5.26 Å². The van der Waals surface area contributed by atoms with E-state index in [2.05, 4.69) is 6.07 Å². The van der Waals surface area contributed by atoms with Crippen LogP contribution in [-0.4, -0.2) is 23.9 Å². The van der Waals surface area contributed by atoms with Crippen molar-refractivity contribution >= 4 is 5.91 Å². The predicted molar refractivity (Wildman–Crippen MR) is 40.6 cm³/mol. The van der Waals surface area contributed by atoms with Gasteiger partial charge in [0.2, 0.25) is 5.91 Å². The molecule has 1 amide bonds. The molecular weight excluding hydrogens is 140 g/mol. The molecule has 11 heavy (non-hydrogen) atoms. The summed E-state index contributed by atoms with van der Waals surface area (Å²) >= 11 is 0. The number of rotatable bonds is 0. The molecule has 0 saturated carbocycles. The van der Waals surface area contributed by atoms with E-state index in [1.54, 1.807) is 11.8 Å². The molecule has 3 heteroatoms. The number of nitriles is 1. The average Bonchev–Trinajstić information content (AvgIpc) is 2.05. The van der Waals surface area contributed by atoms with Gasteiger partial charge in [0.1, 0.15) is 0 Å². The van der Waals surface area contributed by atoms with Gasteiger partial charge >= 0.3 is 0 Å². The van der Waals surface area contributed by atoms with E-state index in [0.717, 1.165) is 19.4 Å². The monoisotopic (exact) mass is 152 g/mol. The number of carbonyl (C=O) groups excluding carboxylic acids is 1. The molecule has 1 unspecified atom stereocenters. The molecule has 0 aromatic rings. The fourth-order valence-electron chi connectivity index (χ4n) is 1.37. The van der Waals surface area contributed by atoms with Crippen LogP contribution in [0.2, 0.25) is 0 Å². The van der Waals surface area contributed by atoms with Gasteiger partial charge in [0, 0.05) is 20.0 Å². The highest BCUT2D eigenvalue weighted by Gasteiger charge is 2.20. The number of likely N-dealkylation sites (tertiary alicyclic amines) is 1. The van der Waals surface area contributed by atoms with E-state index in [4.69, 9.17) is 5.26 Å². The van der Waals surface area contributed by atoms with Crippen molar-refractivity contribution in [3.05, 3.63) is 0 Å². The third-order valence-electron chi connectivity index (χ3n) is 2.05. The molecule has 1 aliphatic rings. The van der Waals surface area contributed by atoms with Crippen molar-refractivity contribution in [2.75, 3.05) is 13.1 Å². The van der Waals surface area contributed by atoms with Crippen molar-refractivity contribution in [1.29, 1.82) is 5.26 Å². The van der Waals surface area contributed by atoms with Crippen LogP contribution in [0.25, 0.3) is 0 Å². The van der Waals surface area contributed by atoms with Gasteiger partial charge in [0.15, 0.2) is 0 Å². The second-order valence-corrected chi connectivity index (χ2v) is 2.93. The van der Waals surface area contributed by atoms with Gasteiger partial charge in [0.25, 0.3) is 0 Å². The lowest BCUT2D eigenvalue weighted by Gasteiger charge is -2.28. The fourth-order valence-corrected chi connectivity index (χ4v) is 1.37. The summed E-state index contributed by atoms with van der Waals surface area (Å²) in [6, 6.07) is 2.19. The lowest BCUT2D eigenvalue weighted by Crippen LogP contribution is -2.37. The van der Waals surface area contributed by atoms with Gasteiger partial charge in [-0.25, -0.2) is 0 Å². The van der Waals surface area contributed by atoms with Crippen molar-refractivity contribution in [2.45, 2.75) is 19.8 Å². The van der Waals surface area contributed by atoms with Gasteiger partial charge in [-0.15, -0.1) is 0 Å². The van der Waals surface area contributed by atoms with E-state index in [1.807, 2.05) is 0 Å². The second kappa shape index (κ2) is 3.38. The standard InChI is InChI=1S/C8H12N2O/c1-7(11)10-4-2-3-8(5-9)6-10/h8H,2-4,6H2,1H3. The minimum absolute atomic E-state index is 0.0626. The largest absolute Gasteiger partial charge is 0.342 e. The summed E-state index contributed by atoms with van der Waals surface area (Å²) in [4.78, 5) is 12.6. The van der Waals surface area contributed by atoms with Crippen LogP contribution in [0.3, 0.4) is 0 Å². The number of carbonyl (C=O) groups is 1. The Morgan fingerprint density at radius 2 is 2.45 bits per heavy atom. The van der Waals surface area contributed by atoms with E-state index in [-0.39, 0.29) is 11.8 Å². The van der Waals surface area contributed by atoms with Gasteiger partial charge in [0.05, 0.1) is 12.0 Å². The molecule has 0 aromatic carbocycles. The molecular formula is C8H12N2O. The Morgan fingerprint density at radius 3 is 3.00 bits per heavy atom. The maximum absolute atomic E-state index is 10.9. The number of amides is 1. The van der Waals surface area contributed by atoms with E-state index < -0.39 is 0 Å². The number of piperidine rings is 1. The van der Waals surface area contributed by atoms with Crippen LogP contribution in [0.4, 0.5) is 0 Å². The summed E-state index contributed by atoms with van der Waals surface area (Å²) in [5.74, 6) is 0.151. The van der Waals surface area contributed by atoms with E-state index in [9.17, 15) is 4.79 Å². The number of nitrogens with zero attached hydrogens (tertiary/aromatic N) is 2. The second-order valence-electron chi connectivity index (χ2n) is 2.93. The van der Waals surface area contributed by atoms with Gasteiger partial charge in [-0.3, -0.25) is 4.79 Å². The lowest BCUT2D eigenvalue weighted by atomic mass is 10.00. The van der Waals surface area contributed by atoms with Crippen molar-refractivity contribution < 1.29 is 4.79 Å². The Balaban J connectivity index is 2.47. The lowest BCUT2D eigenvalue weighted by molar-refractivity contribution is -0.130. The van der Waals surface area contributed by atoms with Crippen molar-refractivity contribution in [3.8, 4) is 6.07 Å². The Labute approximate surface area is 66.6 Å².